The van der Waals surface area contributed by atoms with Gasteiger partial charge in [-0.15, -0.1) is 11.3 Å². The van der Waals surface area contributed by atoms with Crippen molar-refractivity contribution < 1.29 is 4.79 Å². The third kappa shape index (κ3) is 3.60. The molecule has 2 aromatic carbocycles. The molecule has 0 atom stereocenters. The molecule has 0 unspecified atom stereocenters. The van der Waals surface area contributed by atoms with Gasteiger partial charge in [0.2, 0.25) is 5.91 Å². The van der Waals surface area contributed by atoms with Crippen LogP contribution >= 0.6 is 22.9 Å². The van der Waals surface area contributed by atoms with Crippen LogP contribution in [0.25, 0.3) is 10.6 Å². The number of thiazole rings is 1. The van der Waals surface area contributed by atoms with Crippen LogP contribution in [-0.2, 0) is 11.2 Å². The Morgan fingerprint density at radius 2 is 1.83 bits per heavy atom. The molecule has 0 saturated carbocycles. The number of likely N-dealkylation sites (N-methyl/N-ethyl adjacent to an activating group) is 1. The maximum atomic E-state index is 12.4. The topological polar surface area (TPSA) is 33.2 Å². The van der Waals surface area contributed by atoms with Crippen molar-refractivity contribution in [3.63, 3.8) is 0 Å². The molecular formula is C18H15ClN2OS. The standard InChI is InChI=1S/C18H15ClN2OS/c1-21(14-7-3-2-4-8-14)17(22)11-13-12-23-18(20-13)15-9-5-6-10-16(15)19/h2-10,12H,11H2,1H3. The number of carbonyl (C=O) groups is 1. The lowest BCUT2D eigenvalue weighted by atomic mass is 10.2. The Hall–Kier alpha value is -2.17. The molecule has 0 aliphatic rings. The number of anilines is 1. The van der Waals surface area contributed by atoms with Gasteiger partial charge in [0.25, 0.3) is 0 Å². The van der Waals surface area contributed by atoms with Crippen LogP contribution in [0.15, 0.2) is 60.0 Å². The van der Waals surface area contributed by atoms with Gasteiger partial charge in [-0.3, -0.25) is 4.79 Å². The van der Waals surface area contributed by atoms with E-state index < -0.39 is 0 Å². The summed E-state index contributed by atoms with van der Waals surface area (Å²) in [7, 11) is 1.78. The SMILES string of the molecule is CN(C(=O)Cc1csc(-c2ccccc2Cl)n1)c1ccccc1. The maximum absolute atomic E-state index is 12.4. The number of nitrogens with zero attached hydrogens (tertiary/aromatic N) is 2. The molecule has 1 amide bonds. The second kappa shape index (κ2) is 6.94. The van der Waals surface area contributed by atoms with Gasteiger partial charge in [0, 0.05) is 23.7 Å². The maximum Gasteiger partial charge on any atom is 0.232 e. The Balaban J connectivity index is 1.74. The number of para-hydroxylation sites is 1. The number of benzene rings is 2. The van der Waals surface area contributed by atoms with E-state index >= 15 is 0 Å². The summed E-state index contributed by atoms with van der Waals surface area (Å²) < 4.78 is 0. The minimum atomic E-state index is 0.00667. The number of hydrogen-bond donors (Lipinski definition) is 0. The van der Waals surface area contributed by atoms with Crippen molar-refractivity contribution in [1.29, 1.82) is 0 Å². The fourth-order valence-corrected chi connectivity index (χ4v) is 3.36. The van der Waals surface area contributed by atoms with E-state index in [4.69, 9.17) is 11.6 Å². The summed E-state index contributed by atoms with van der Waals surface area (Å²) in [6.45, 7) is 0. The molecule has 0 saturated heterocycles. The van der Waals surface area contributed by atoms with Gasteiger partial charge in [0.15, 0.2) is 0 Å². The average Bonchev–Trinajstić information content (AvgIpc) is 3.03. The first kappa shape index (κ1) is 15.7. The second-order valence-electron chi connectivity index (χ2n) is 5.09. The zero-order valence-corrected chi connectivity index (χ0v) is 14.1. The van der Waals surface area contributed by atoms with E-state index in [1.54, 1.807) is 11.9 Å². The highest BCUT2D eigenvalue weighted by Gasteiger charge is 2.14. The number of rotatable bonds is 4. The van der Waals surface area contributed by atoms with Gasteiger partial charge in [0.05, 0.1) is 17.1 Å². The summed E-state index contributed by atoms with van der Waals surface area (Å²) in [4.78, 5) is 18.6. The van der Waals surface area contributed by atoms with Gasteiger partial charge in [-0.1, -0.05) is 48.0 Å². The Morgan fingerprint density at radius 1 is 1.13 bits per heavy atom. The van der Waals surface area contributed by atoms with E-state index in [1.165, 1.54) is 11.3 Å². The molecular weight excluding hydrogens is 328 g/mol. The first-order chi connectivity index (χ1) is 11.1. The number of halogens is 1. The highest BCUT2D eigenvalue weighted by molar-refractivity contribution is 7.13. The minimum Gasteiger partial charge on any atom is -0.315 e. The predicted octanol–water partition coefficient (Wildman–Crippen LogP) is 4.67. The summed E-state index contributed by atoms with van der Waals surface area (Å²) in [6.07, 6.45) is 0.270. The van der Waals surface area contributed by atoms with Gasteiger partial charge in [-0.2, -0.15) is 0 Å². The van der Waals surface area contributed by atoms with Gasteiger partial charge < -0.3 is 4.90 Å². The third-order valence-corrected chi connectivity index (χ3v) is 4.76. The molecule has 5 heteroatoms. The second-order valence-corrected chi connectivity index (χ2v) is 6.35. The van der Waals surface area contributed by atoms with Gasteiger partial charge >= 0.3 is 0 Å². The van der Waals surface area contributed by atoms with E-state index in [1.807, 2.05) is 60.0 Å². The van der Waals surface area contributed by atoms with Crippen molar-refractivity contribution in [2.75, 3.05) is 11.9 Å². The Kier molecular flexibility index (Phi) is 4.74. The normalized spacial score (nSPS) is 10.5. The van der Waals surface area contributed by atoms with Gasteiger partial charge in [-0.05, 0) is 18.2 Å². The van der Waals surface area contributed by atoms with E-state index in [-0.39, 0.29) is 12.3 Å². The Bertz CT molecular complexity index is 817. The number of amides is 1. The van der Waals surface area contributed by atoms with Crippen LogP contribution in [0.3, 0.4) is 0 Å². The molecule has 0 bridgehead atoms. The van der Waals surface area contributed by atoms with Crippen LogP contribution in [0, 0.1) is 0 Å². The van der Waals surface area contributed by atoms with Crippen molar-refractivity contribution in [3.8, 4) is 10.6 Å². The van der Waals surface area contributed by atoms with Crippen molar-refractivity contribution in [3.05, 3.63) is 70.7 Å². The predicted molar refractivity (Wildman–Crippen MR) is 96.1 cm³/mol. The number of carbonyl (C=O) groups excluding carboxylic acids is 1. The van der Waals surface area contributed by atoms with Crippen LogP contribution < -0.4 is 4.90 Å². The Morgan fingerprint density at radius 3 is 2.57 bits per heavy atom. The van der Waals surface area contributed by atoms with Crippen molar-refractivity contribution in [2.45, 2.75) is 6.42 Å². The van der Waals surface area contributed by atoms with Crippen LogP contribution in [-0.4, -0.2) is 17.9 Å². The van der Waals surface area contributed by atoms with Crippen LogP contribution in [0.4, 0.5) is 5.69 Å². The average molecular weight is 343 g/mol. The molecule has 0 N–H and O–H groups in total. The van der Waals surface area contributed by atoms with E-state index in [2.05, 4.69) is 4.98 Å². The molecule has 23 heavy (non-hydrogen) atoms. The summed E-state index contributed by atoms with van der Waals surface area (Å²) in [5, 5.41) is 3.41. The molecule has 0 aliphatic carbocycles. The Labute approximate surface area is 144 Å². The molecule has 3 rings (SSSR count). The summed E-state index contributed by atoms with van der Waals surface area (Å²) >= 11 is 7.70. The number of hydrogen-bond acceptors (Lipinski definition) is 3. The van der Waals surface area contributed by atoms with Crippen LogP contribution in [0.5, 0.6) is 0 Å². The molecule has 116 valence electrons. The van der Waals surface area contributed by atoms with Crippen molar-refractivity contribution >= 4 is 34.5 Å². The smallest absolute Gasteiger partial charge is 0.232 e. The van der Waals surface area contributed by atoms with E-state index in [0.29, 0.717) is 5.02 Å². The fourth-order valence-electron chi connectivity index (χ4n) is 2.22. The molecule has 0 radical (unpaired) electrons. The lowest BCUT2D eigenvalue weighted by molar-refractivity contribution is -0.117. The first-order valence-corrected chi connectivity index (χ1v) is 8.42. The molecule has 0 aliphatic heterocycles. The number of aromatic nitrogens is 1. The first-order valence-electron chi connectivity index (χ1n) is 7.16. The zero-order chi connectivity index (χ0) is 16.2. The molecule has 1 aromatic heterocycles. The highest BCUT2D eigenvalue weighted by atomic mass is 35.5. The molecule has 3 nitrogen and oxygen atoms in total. The van der Waals surface area contributed by atoms with E-state index in [9.17, 15) is 4.79 Å². The van der Waals surface area contributed by atoms with Crippen molar-refractivity contribution in [2.24, 2.45) is 0 Å². The van der Waals surface area contributed by atoms with Gasteiger partial charge in [-0.25, -0.2) is 4.98 Å². The van der Waals surface area contributed by atoms with Crippen LogP contribution in [0.2, 0.25) is 5.02 Å². The monoisotopic (exact) mass is 342 g/mol. The summed E-state index contributed by atoms with van der Waals surface area (Å²) in [5.41, 5.74) is 2.53. The molecule has 3 aromatic rings. The fraction of sp³-hybridized carbons (Fsp3) is 0.111. The summed E-state index contributed by atoms with van der Waals surface area (Å²) in [5.74, 6) is 0.00667. The van der Waals surface area contributed by atoms with Crippen LogP contribution in [0.1, 0.15) is 5.69 Å². The van der Waals surface area contributed by atoms with Crippen molar-refractivity contribution in [1.82, 2.24) is 4.98 Å². The zero-order valence-electron chi connectivity index (χ0n) is 12.6. The third-order valence-electron chi connectivity index (χ3n) is 3.51. The minimum absolute atomic E-state index is 0.00667. The lowest BCUT2D eigenvalue weighted by Crippen LogP contribution is -2.27. The highest BCUT2D eigenvalue weighted by Crippen LogP contribution is 2.30. The van der Waals surface area contributed by atoms with Gasteiger partial charge in [0.1, 0.15) is 5.01 Å². The molecule has 0 spiro atoms. The van der Waals surface area contributed by atoms with E-state index in [0.717, 1.165) is 22.0 Å². The lowest BCUT2D eigenvalue weighted by Gasteiger charge is -2.16. The molecule has 0 fully saturated rings. The molecule has 1 heterocycles. The summed E-state index contributed by atoms with van der Waals surface area (Å²) in [6, 6.07) is 17.2. The quantitative estimate of drug-likeness (QED) is 0.690. The largest absolute Gasteiger partial charge is 0.315 e.